The van der Waals surface area contributed by atoms with E-state index in [1.165, 1.54) is 0 Å². The van der Waals surface area contributed by atoms with Gasteiger partial charge in [0.15, 0.2) is 0 Å². The van der Waals surface area contributed by atoms with E-state index in [1.807, 2.05) is 6.08 Å². The molecule has 0 aromatic rings. The summed E-state index contributed by atoms with van der Waals surface area (Å²) in [6.07, 6.45) is 6.92. The third-order valence-corrected chi connectivity index (χ3v) is 1.46. The van der Waals surface area contributed by atoms with Gasteiger partial charge in [-0.1, -0.05) is 24.3 Å². The van der Waals surface area contributed by atoms with E-state index in [-0.39, 0.29) is 5.71 Å². The minimum atomic E-state index is 0.194. The minimum Gasteiger partial charge on any atom is -0.803 e. The fourth-order valence-corrected chi connectivity index (χ4v) is 0.836. The predicted octanol–water partition coefficient (Wildman–Crippen LogP) is 0.513. The molecule has 0 atom stereocenters. The van der Waals surface area contributed by atoms with Crippen molar-refractivity contribution in [2.45, 2.75) is 0 Å². The van der Waals surface area contributed by atoms with Crippen molar-refractivity contribution in [2.75, 3.05) is 7.05 Å². The molecule has 11 heavy (non-hydrogen) atoms. The Hall–Kier alpha value is -1.51. The van der Waals surface area contributed by atoms with E-state index in [9.17, 15) is 5.41 Å². The van der Waals surface area contributed by atoms with Gasteiger partial charge in [0.25, 0.3) is 0 Å². The zero-order valence-corrected chi connectivity index (χ0v) is 6.33. The monoisotopic (exact) mass is 148 g/mol. The molecule has 58 valence electrons. The Morgan fingerprint density at radius 1 is 1.45 bits per heavy atom. The molecule has 1 aliphatic rings. The van der Waals surface area contributed by atoms with Crippen molar-refractivity contribution in [3.05, 3.63) is 41.1 Å². The van der Waals surface area contributed by atoms with Gasteiger partial charge in [-0.3, -0.25) is 0 Å². The van der Waals surface area contributed by atoms with E-state index < -0.39 is 0 Å². The van der Waals surface area contributed by atoms with Gasteiger partial charge < -0.3 is 16.5 Å². The molecule has 0 amide bonds. The maximum Gasteiger partial charge on any atom is 0.102 e. The van der Waals surface area contributed by atoms with Crippen molar-refractivity contribution in [1.29, 1.82) is 0 Å². The Morgan fingerprint density at radius 2 is 2.09 bits per heavy atom. The summed E-state index contributed by atoms with van der Waals surface area (Å²) >= 11 is 0. The van der Waals surface area contributed by atoms with Crippen LogP contribution in [0, 0.1) is 0 Å². The highest BCUT2D eigenvalue weighted by atomic mass is 15.0. The fourth-order valence-electron chi connectivity index (χ4n) is 0.836. The Bertz CT molecular complexity index is 259. The highest BCUT2D eigenvalue weighted by molar-refractivity contribution is 6.13. The molecule has 0 aromatic heterocycles. The molecular formula is C8H10N3-. The predicted molar refractivity (Wildman–Crippen MR) is 46.9 cm³/mol. The molecule has 0 bridgehead atoms. The molecule has 0 saturated carbocycles. The third kappa shape index (κ3) is 1.49. The summed E-state index contributed by atoms with van der Waals surface area (Å²) in [6, 6.07) is 0. The Kier molecular flexibility index (Phi) is 2.11. The largest absolute Gasteiger partial charge is 0.803 e. The van der Waals surface area contributed by atoms with Gasteiger partial charge in [-0.05, 0) is 5.57 Å². The lowest BCUT2D eigenvalue weighted by Gasteiger charge is -2.15. The molecule has 0 spiro atoms. The van der Waals surface area contributed by atoms with Crippen LogP contribution in [0.15, 0.2) is 35.7 Å². The van der Waals surface area contributed by atoms with Gasteiger partial charge in [-0.15, -0.1) is 5.71 Å². The molecule has 3 N–H and O–H groups in total. The second-order valence-electron chi connectivity index (χ2n) is 2.18. The smallest absolute Gasteiger partial charge is 0.102 e. The number of allylic oxidation sites excluding steroid dienone is 5. The first-order valence-corrected chi connectivity index (χ1v) is 3.34. The molecule has 0 fully saturated rings. The van der Waals surface area contributed by atoms with E-state index in [1.54, 1.807) is 25.3 Å². The molecule has 3 nitrogen and oxygen atoms in total. The van der Waals surface area contributed by atoms with E-state index in [0.29, 0.717) is 11.4 Å². The summed E-state index contributed by atoms with van der Waals surface area (Å²) in [5.74, 6) is 0.475. The van der Waals surface area contributed by atoms with Crippen LogP contribution in [0.25, 0.3) is 5.41 Å². The molecule has 0 aliphatic heterocycles. The average Bonchev–Trinajstić information content (AvgIpc) is 2.04. The first-order chi connectivity index (χ1) is 5.25. The van der Waals surface area contributed by atoms with Gasteiger partial charge in [-0.2, -0.15) is 0 Å². The highest BCUT2D eigenvalue weighted by Gasteiger charge is 1.98. The Balaban J connectivity index is 2.98. The summed E-state index contributed by atoms with van der Waals surface area (Å²) < 4.78 is 0. The van der Waals surface area contributed by atoms with Crippen LogP contribution in [0.5, 0.6) is 0 Å². The third-order valence-electron chi connectivity index (χ3n) is 1.46. The lowest BCUT2D eigenvalue weighted by Crippen LogP contribution is -2.20. The van der Waals surface area contributed by atoms with Crippen molar-refractivity contribution >= 4 is 5.71 Å². The summed E-state index contributed by atoms with van der Waals surface area (Å²) in [5.41, 5.74) is 6.37. The average molecular weight is 148 g/mol. The van der Waals surface area contributed by atoms with Crippen LogP contribution in [0.4, 0.5) is 0 Å². The number of nitrogens with zero attached hydrogens (tertiary/aromatic N) is 1. The topological polar surface area (TPSA) is 60.3 Å². The van der Waals surface area contributed by atoms with Crippen LogP contribution in [-0.2, 0) is 0 Å². The van der Waals surface area contributed by atoms with Crippen LogP contribution in [-0.4, -0.2) is 12.8 Å². The summed E-state index contributed by atoms with van der Waals surface area (Å²) in [4.78, 5) is 0. The molecule has 1 aliphatic carbocycles. The number of nitrogens with two attached hydrogens (primary N) is 1. The molecule has 0 saturated heterocycles. The second kappa shape index (κ2) is 3.05. The van der Waals surface area contributed by atoms with Crippen LogP contribution in [0.2, 0.25) is 0 Å². The molecule has 0 radical (unpaired) electrons. The van der Waals surface area contributed by atoms with E-state index in [0.717, 1.165) is 0 Å². The SMILES string of the molecule is CN/C(N)=C1/C=CC=CC1=[N-]. The van der Waals surface area contributed by atoms with Crippen LogP contribution in [0.1, 0.15) is 0 Å². The number of hydrogen-bond acceptors (Lipinski definition) is 2. The quantitative estimate of drug-likeness (QED) is 0.569. The normalized spacial score (nSPS) is 20.3. The fraction of sp³-hybridized carbons (Fsp3) is 0.125. The number of hydrogen-bond donors (Lipinski definition) is 2. The van der Waals surface area contributed by atoms with Crippen molar-refractivity contribution in [1.82, 2.24) is 5.32 Å². The molecule has 0 unspecified atom stereocenters. The molecule has 3 heteroatoms. The summed E-state index contributed by atoms with van der Waals surface area (Å²) in [6.45, 7) is 0. The van der Waals surface area contributed by atoms with Crippen molar-refractivity contribution in [3.63, 3.8) is 0 Å². The highest BCUT2D eigenvalue weighted by Crippen LogP contribution is 2.07. The Morgan fingerprint density at radius 3 is 2.64 bits per heavy atom. The summed E-state index contributed by atoms with van der Waals surface area (Å²) in [7, 11) is 1.71. The van der Waals surface area contributed by atoms with E-state index in [4.69, 9.17) is 5.73 Å². The number of nitrogens with one attached hydrogen (secondary N) is 1. The van der Waals surface area contributed by atoms with Gasteiger partial charge in [0, 0.05) is 7.05 Å². The van der Waals surface area contributed by atoms with Crippen molar-refractivity contribution in [3.8, 4) is 0 Å². The van der Waals surface area contributed by atoms with Crippen molar-refractivity contribution in [2.24, 2.45) is 5.73 Å². The second-order valence-corrected chi connectivity index (χ2v) is 2.18. The van der Waals surface area contributed by atoms with Gasteiger partial charge in [0.1, 0.15) is 5.82 Å². The van der Waals surface area contributed by atoms with Crippen LogP contribution in [0.3, 0.4) is 0 Å². The lowest BCUT2D eigenvalue weighted by molar-refractivity contribution is 0.957. The van der Waals surface area contributed by atoms with Gasteiger partial charge in [0.05, 0.1) is 0 Å². The molecule has 0 aromatic carbocycles. The first kappa shape index (κ1) is 7.60. The maximum atomic E-state index is 9.27. The van der Waals surface area contributed by atoms with Crippen molar-refractivity contribution < 1.29 is 0 Å². The molecule has 1 rings (SSSR count). The number of rotatable bonds is 1. The van der Waals surface area contributed by atoms with Gasteiger partial charge in [-0.25, -0.2) is 0 Å². The van der Waals surface area contributed by atoms with E-state index >= 15 is 0 Å². The Labute approximate surface area is 65.8 Å². The molecule has 0 heterocycles. The lowest BCUT2D eigenvalue weighted by atomic mass is 10.1. The standard InChI is InChI=1S/C8H10N3/c1-11-8(10)6-4-2-3-5-7(6)9/h2-5,11H,10H2,1H3/q-1/b8-6-. The molecular weight excluding hydrogens is 138 g/mol. The first-order valence-electron chi connectivity index (χ1n) is 3.34. The zero-order valence-electron chi connectivity index (χ0n) is 6.33. The summed E-state index contributed by atoms with van der Waals surface area (Å²) in [5, 5.41) is 12.0. The van der Waals surface area contributed by atoms with Gasteiger partial charge in [0.2, 0.25) is 0 Å². The maximum absolute atomic E-state index is 9.27. The van der Waals surface area contributed by atoms with Crippen LogP contribution < -0.4 is 11.1 Å². The van der Waals surface area contributed by atoms with Crippen LogP contribution >= 0.6 is 0 Å². The van der Waals surface area contributed by atoms with E-state index in [2.05, 4.69) is 5.32 Å². The minimum absolute atomic E-state index is 0.194. The van der Waals surface area contributed by atoms with Gasteiger partial charge >= 0.3 is 0 Å². The zero-order chi connectivity index (χ0) is 8.27.